The first-order valence-electron chi connectivity index (χ1n) is 9.31. The number of benzene rings is 1. The normalized spacial score (nSPS) is 24.9. The predicted octanol–water partition coefficient (Wildman–Crippen LogP) is 2.25. The van der Waals surface area contributed by atoms with E-state index in [1.165, 1.54) is 0 Å². The van der Waals surface area contributed by atoms with Crippen LogP contribution in [0.5, 0.6) is 0 Å². The number of aryl methyl sites for hydroxylation is 2. The number of nitrogens with zero attached hydrogens (tertiary/aromatic N) is 3. The Bertz CT molecular complexity index is 883. The van der Waals surface area contributed by atoms with E-state index in [1.807, 2.05) is 43.0 Å². The van der Waals surface area contributed by atoms with Gasteiger partial charge in [0.15, 0.2) is 0 Å². The number of nitrogens with one attached hydrogen (secondary N) is 1. The van der Waals surface area contributed by atoms with Crippen molar-refractivity contribution in [3.05, 3.63) is 59.2 Å². The molecule has 1 aliphatic rings. The van der Waals surface area contributed by atoms with Gasteiger partial charge < -0.3 is 10.4 Å². The summed E-state index contributed by atoms with van der Waals surface area (Å²) in [6.45, 7) is 5.77. The standard InChI is InChI=1S/C21H26N4O3/c1-13-7-5-6-8-16(13)18-17(9-21(3,20(27)28)25(18)4)19(26)24-12-15-11-22-14(2)10-23-15/h5-8,10-11,17-18H,9,12H2,1-4H3,(H,24,26)(H,27,28)/t17-,18-,21-/m1/s1. The topological polar surface area (TPSA) is 95.4 Å². The minimum Gasteiger partial charge on any atom is -0.480 e. The summed E-state index contributed by atoms with van der Waals surface area (Å²) < 4.78 is 0. The smallest absolute Gasteiger partial charge is 0.323 e. The molecule has 0 aliphatic carbocycles. The highest BCUT2D eigenvalue weighted by Crippen LogP contribution is 2.46. The molecule has 7 nitrogen and oxygen atoms in total. The first kappa shape index (κ1) is 19.9. The molecule has 7 heteroatoms. The van der Waals surface area contributed by atoms with Gasteiger partial charge in [0.05, 0.1) is 30.0 Å². The number of rotatable bonds is 5. The molecule has 1 aliphatic heterocycles. The summed E-state index contributed by atoms with van der Waals surface area (Å²) in [5.74, 6) is -1.58. The second-order valence-electron chi connectivity index (χ2n) is 7.67. The Balaban J connectivity index is 1.87. The molecular weight excluding hydrogens is 356 g/mol. The number of aromatic nitrogens is 2. The van der Waals surface area contributed by atoms with E-state index in [9.17, 15) is 14.7 Å². The van der Waals surface area contributed by atoms with Crippen molar-refractivity contribution in [1.82, 2.24) is 20.2 Å². The van der Waals surface area contributed by atoms with Gasteiger partial charge in [-0.2, -0.15) is 0 Å². The van der Waals surface area contributed by atoms with Crippen LogP contribution in [0, 0.1) is 19.8 Å². The summed E-state index contributed by atoms with van der Waals surface area (Å²) in [5.41, 5.74) is 2.38. The Morgan fingerprint density at radius 2 is 1.96 bits per heavy atom. The lowest BCUT2D eigenvalue weighted by Gasteiger charge is -2.32. The third-order valence-corrected chi connectivity index (χ3v) is 5.78. The lowest BCUT2D eigenvalue weighted by Crippen LogP contribution is -2.46. The average molecular weight is 382 g/mol. The van der Waals surface area contributed by atoms with Gasteiger partial charge in [-0.15, -0.1) is 0 Å². The Morgan fingerprint density at radius 3 is 2.57 bits per heavy atom. The summed E-state index contributed by atoms with van der Waals surface area (Å²) in [6, 6.07) is 7.50. The zero-order chi connectivity index (χ0) is 20.5. The van der Waals surface area contributed by atoms with Crippen LogP contribution in [0.2, 0.25) is 0 Å². The van der Waals surface area contributed by atoms with E-state index in [0.29, 0.717) is 5.69 Å². The van der Waals surface area contributed by atoms with Crippen molar-refractivity contribution in [3.8, 4) is 0 Å². The van der Waals surface area contributed by atoms with Crippen molar-refractivity contribution in [1.29, 1.82) is 0 Å². The number of carbonyl (C=O) groups is 2. The highest BCUT2D eigenvalue weighted by molar-refractivity contribution is 5.85. The molecule has 0 spiro atoms. The number of likely N-dealkylation sites (N-methyl/N-ethyl adjacent to an activating group) is 1. The monoisotopic (exact) mass is 382 g/mol. The van der Waals surface area contributed by atoms with E-state index in [0.717, 1.165) is 16.8 Å². The Morgan fingerprint density at radius 1 is 1.25 bits per heavy atom. The summed E-state index contributed by atoms with van der Waals surface area (Å²) in [4.78, 5) is 35.3. The van der Waals surface area contributed by atoms with Crippen LogP contribution in [0.4, 0.5) is 0 Å². The molecule has 2 N–H and O–H groups in total. The lowest BCUT2D eigenvalue weighted by molar-refractivity contribution is -0.148. The number of likely N-dealkylation sites (tertiary alicyclic amines) is 1. The first-order valence-corrected chi connectivity index (χ1v) is 9.31. The molecule has 3 atom stereocenters. The fourth-order valence-electron chi connectivity index (χ4n) is 3.90. The number of hydrogen-bond donors (Lipinski definition) is 2. The van der Waals surface area contributed by atoms with Gasteiger partial charge in [0, 0.05) is 12.2 Å². The quantitative estimate of drug-likeness (QED) is 0.823. The van der Waals surface area contributed by atoms with Crippen LogP contribution in [0.3, 0.4) is 0 Å². The number of hydrogen-bond acceptors (Lipinski definition) is 5. The van der Waals surface area contributed by atoms with Gasteiger partial charge in [-0.05, 0) is 45.4 Å². The van der Waals surface area contributed by atoms with Crippen molar-refractivity contribution >= 4 is 11.9 Å². The molecule has 148 valence electrons. The fourth-order valence-corrected chi connectivity index (χ4v) is 3.90. The molecule has 3 rings (SSSR count). The molecule has 0 unspecified atom stereocenters. The molecule has 2 aromatic rings. The average Bonchev–Trinajstić information content (AvgIpc) is 2.94. The van der Waals surface area contributed by atoms with Crippen LogP contribution in [-0.4, -0.2) is 44.4 Å². The molecule has 1 aromatic carbocycles. The van der Waals surface area contributed by atoms with Gasteiger partial charge in [-0.25, -0.2) is 0 Å². The van der Waals surface area contributed by atoms with Crippen molar-refractivity contribution in [2.45, 2.75) is 45.3 Å². The fraction of sp³-hybridized carbons (Fsp3) is 0.429. The van der Waals surface area contributed by atoms with E-state index >= 15 is 0 Å². The van der Waals surface area contributed by atoms with E-state index < -0.39 is 17.4 Å². The number of amides is 1. The largest absolute Gasteiger partial charge is 0.480 e. The number of carbonyl (C=O) groups excluding carboxylic acids is 1. The van der Waals surface area contributed by atoms with Crippen LogP contribution in [0.15, 0.2) is 36.7 Å². The Kier molecular flexibility index (Phi) is 5.47. The lowest BCUT2D eigenvalue weighted by atomic mass is 9.88. The maximum Gasteiger partial charge on any atom is 0.323 e. The maximum atomic E-state index is 13.1. The molecule has 1 saturated heterocycles. The zero-order valence-electron chi connectivity index (χ0n) is 16.6. The first-order chi connectivity index (χ1) is 13.2. The van der Waals surface area contributed by atoms with Crippen LogP contribution >= 0.6 is 0 Å². The van der Waals surface area contributed by atoms with Gasteiger partial charge >= 0.3 is 5.97 Å². The van der Waals surface area contributed by atoms with Crippen LogP contribution in [0.25, 0.3) is 0 Å². The highest BCUT2D eigenvalue weighted by atomic mass is 16.4. The molecular formula is C21H26N4O3. The Hall–Kier alpha value is -2.80. The van der Waals surface area contributed by atoms with Crippen molar-refractivity contribution in [3.63, 3.8) is 0 Å². The van der Waals surface area contributed by atoms with Gasteiger partial charge in [-0.3, -0.25) is 24.5 Å². The predicted molar refractivity (Wildman–Crippen MR) is 104 cm³/mol. The number of carboxylic acids is 1. The molecule has 28 heavy (non-hydrogen) atoms. The van der Waals surface area contributed by atoms with Crippen LogP contribution in [0.1, 0.15) is 41.9 Å². The zero-order valence-corrected chi connectivity index (χ0v) is 16.6. The van der Waals surface area contributed by atoms with Crippen LogP contribution in [-0.2, 0) is 16.1 Å². The third kappa shape index (κ3) is 3.62. The number of carboxylic acid groups (broad SMARTS) is 1. The summed E-state index contributed by atoms with van der Waals surface area (Å²) in [7, 11) is 1.78. The summed E-state index contributed by atoms with van der Waals surface area (Å²) >= 11 is 0. The molecule has 1 aromatic heterocycles. The van der Waals surface area contributed by atoms with Gasteiger partial charge in [-0.1, -0.05) is 24.3 Å². The number of aliphatic carboxylic acids is 1. The minimum absolute atomic E-state index is 0.174. The van der Waals surface area contributed by atoms with Crippen LogP contribution < -0.4 is 5.32 Å². The van der Waals surface area contributed by atoms with Crippen molar-refractivity contribution < 1.29 is 14.7 Å². The molecule has 0 bridgehead atoms. The maximum absolute atomic E-state index is 13.1. The second kappa shape index (κ2) is 7.67. The SMILES string of the molecule is Cc1cnc(CNC(=O)[C@@H]2C[C@](C)(C(=O)O)N(C)[C@@H]2c2ccccc2C)cn1. The van der Waals surface area contributed by atoms with E-state index in [-0.39, 0.29) is 24.9 Å². The highest BCUT2D eigenvalue weighted by Gasteiger charge is 2.54. The molecule has 0 saturated carbocycles. The van der Waals surface area contributed by atoms with E-state index in [2.05, 4.69) is 15.3 Å². The molecule has 1 fully saturated rings. The second-order valence-corrected chi connectivity index (χ2v) is 7.67. The molecule has 0 radical (unpaired) electrons. The van der Waals surface area contributed by atoms with Crippen molar-refractivity contribution in [2.75, 3.05) is 7.05 Å². The van der Waals surface area contributed by atoms with Gasteiger partial charge in [0.1, 0.15) is 5.54 Å². The summed E-state index contributed by atoms with van der Waals surface area (Å²) in [5, 5.41) is 12.7. The van der Waals surface area contributed by atoms with Crippen molar-refractivity contribution in [2.24, 2.45) is 5.92 Å². The van der Waals surface area contributed by atoms with E-state index in [1.54, 1.807) is 26.4 Å². The molecule has 2 heterocycles. The summed E-state index contributed by atoms with van der Waals surface area (Å²) in [6.07, 6.45) is 3.53. The minimum atomic E-state index is -1.11. The van der Waals surface area contributed by atoms with Gasteiger partial charge in [0.25, 0.3) is 0 Å². The molecule has 1 amide bonds. The Labute approximate surface area is 164 Å². The van der Waals surface area contributed by atoms with Gasteiger partial charge in [0.2, 0.25) is 5.91 Å². The van der Waals surface area contributed by atoms with E-state index in [4.69, 9.17) is 0 Å². The third-order valence-electron chi connectivity index (χ3n) is 5.78.